The van der Waals surface area contributed by atoms with Crippen molar-refractivity contribution in [1.29, 1.82) is 0 Å². The lowest BCUT2D eigenvalue weighted by molar-refractivity contribution is -0.145. The molecular weight excluding hydrogens is 230 g/mol. The van der Waals surface area contributed by atoms with E-state index in [9.17, 15) is 9.90 Å². The van der Waals surface area contributed by atoms with E-state index in [0.29, 0.717) is 0 Å². The second-order valence-corrected chi connectivity index (χ2v) is 5.21. The number of rotatable bonds is 4. The maximum atomic E-state index is 11.3. The maximum absolute atomic E-state index is 11.3. The van der Waals surface area contributed by atoms with Gasteiger partial charge in [-0.15, -0.1) is 0 Å². The van der Waals surface area contributed by atoms with Crippen molar-refractivity contribution >= 4 is 5.97 Å². The number of carboxylic acid groups (broad SMARTS) is 1. The van der Waals surface area contributed by atoms with E-state index in [1.807, 2.05) is 20.0 Å². The van der Waals surface area contributed by atoms with Gasteiger partial charge in [0.15, 0.2) is 0 Å². The number of aryl methyl sites for hydroxylation is 1. The van der Waals surface area contributed by atoms with E-state index in [1.54, 1.807) is 6.26 Å². The normalized spacial score (nSPS) is 24.4. The molecule has 1 saturated carbocycles. The van der Waals surface area contributed by atoms with Gasteiger partial charge >= 0.3 is 5.97 Å². The molecule has 2 atom stereocenters. The zero-order valence-corrected chi connectivity index (χ0v) is 11.1. The zero-order valence-electron chi connectivity index (χ0n) is 11.1. The van der Waals surface area contributed by atoms with Crippen LogP contribution >= 0.6 is 0 Å². The van der Waals surface area contributed by atoms with Crippen LogP contribution in [0.15, 0.2) is 16.7 Å². The van der Waals surface area contributed by atoms with Crippen LogP contribution in [0.25, 0.3) is 0 Å². The fourth-order valence-electron chi connectivity index (χ4n) is 2.89. The first kappa shape index (κ1) is 13.1. The minimum Gasteiger partial charge on any atom is -0.481 e. The second-order valence-electron chi connectivity index (χ2n) is 5.21. The van der Waals surface area contributed by atoms with E-state index in [-0.39, 0.29) is 12.0 Å². The molecule has 1 aromatic rings. The van der Waals surface area contributed by atoms with Crippen molar-refractivity contribution in [2.24, 2.45) is 5.92 Å². The van der Waals surface area contributed by atoms with E-state index in [1.165, 1.54) is 0 Å². The molecule has 0 aliphatic heterocycles. The Morgan fingerprint density at radius 2 is 2.22 bits per heavy atom. The molecule has 1 heterocycles. The molecule has 1 aliphatic rings. The molecule has 1 aliphatic carbocycles. The predicted molar refractivity (Wildman–Crippen MR) is 68.3 cm³/mol. The molecule has 0 amide bonds. The fraction of sp³-hybridized carbons (Fsp3) is 0.643. The molecule has 0 saturated heterocycles. The van der Waals surface area contributed by atoms with Gasteiger partial charge in [-0.25, -0.2) is 0 Å². The third kappa shape index (κ3) is 2.75. The Labute approximate surface area is 108 Å². The highest BCUT2D eigenvalue weighted by molar-refractivity contribution is 5.71. The molecular formula is C14H21NO3. The Morgan fingerprint density at radius 1 is 1.50 bits per heavy atom. The Morgan fingerprint density at radius 3 is 2.83 bits per heavy atom. The summed E-state index contributed by atoms with van der Waals surface area (Å²) in [6, 6.07) is 2.11. The smallest absolute Gasteiger partial charge is 0.308 e. The molecule has 0 radical (unpaired) electrons. The highest BCUT2D eigenvalue weighted by Crippen LogP contribution is 2.29. The molecule has 1 aromatic heterocycles. The van der Waals surface area contributed by atoms with Crippen LogP contribution in [-0.4, -0.2) is 29.1 Å². The van der Waals surface area contributed by atoms with Crippen LogP contribution in [0.3, 0.4) is 0 Å². The van der Waals surface area contributed by atoms with E-state index < -0.39 is 5.97 Å². The summed E-state index contributed by atoms with van der Waals surface area (Å²) in [7, 11) is 2.01. The molecule has 18 heavy (non-hydrogen) atoms. The number of nitrogens with zero attached hydrogens (tertiary/aromatic N) is 1. The van der Waals surface area contributed by atoms with Crippen molar-refractivity contribution in [3.63, 3.8) is 0 Å². The van der Waals surface area contributed by atoms with E-state index >= 15 is 0 Å². The van der Waals surface area contributed by atoms with Crippen LogP contribution in [0, 0.1) is 12.8 Å². The number of aliphatic carboxylic acids is 1. The predicted octanol–water partition coefficient (Wildman–Crippen LogP) is 2.66. The Hall–Kier alpha value is -1.29. The summed E-state index contributed by atoms with van der Waals surface area (Å²) < 4.78 is 5.28. The summed E-state index contributed by atoms with van der Waals surface area (Å²) in [6.07, 6.45) is 5.63. The Bertz CT molecular complexity index is 413. The number of hydrogen-bond acceptors (Lipinski definition) is 3. The van der Waals surface area contributed by atoms with Crippen molar-refractivity contribution < 1.29 is 14.3 Å². The van der Waals surface area contributed by atoms with Gasteiger partial charge in [0, 0.05) is 18.2 Å². The van der Waals surface area contributed by atoms with Crippen molar-refractivity contribution in [3.8, 4) is 0 Å². The lowest BCUT2D eigenvalue weighted by Crippen LogP contribution is -2.43. The lowest BCUT2D eigenvalue weighted by atomic mass is 9.83. The fourth-order valence-corrected chi connectivity index (χ4v) is 2.89. The minimum atomic E-state index is -0.657. The summed E-state index contributed by atoms with van der Waals surface area (Å²) in [5.74, 6) is 0.0379. The highest BCUT2D eigenvalue weighted by Gasteiger charge is 2.33. The van der Waals surface area contributed by atoms with Crippen LogP contribution in [0.4, 0.5) is 0 Å². The molecule has 2 unspecified atom stereocenters. The number of carbonyl (C=O) groups is 1. The molecule has 1 N–H and O–H groups in total. The van der Waals surface area contributed by atoms with Gasteiger partial charge in [0.25, 0.3) is 0 Å². The summed E-state index contributed by atoms with van der Waals surface area (Å²) in [4.78, 5) is 13.5. The van der Waals surface area contributed by atoms with Gasteiger partial charge in [-0.05, 0) is 32.9 Å². The molecule has 100 valence electrons. The summed E-state index contributed by atoms with van der Waals surface area (Å²) >= 11 is 0. The van der Waals surface area contributed by atoms with Gasteiger partial charge < -0.3 is 9.52 Å². The summed E-state index contributed by atoms with van der Waals surface area (Å²) in [6.45, 7) is 2.70. The number of furan rings is 1. The molecule has 0 spiro atoms. The van der Waals surface area contributed by atoms with Crippen molar-refractivity contribution in [1.82, 2.24) is 4.90 Å². The van der Waals surface area contributed by atoms with Gasteiger partial charge in [-0.2, -0.15) is 0 Å². The first-order valence-electron chi connectivity index (χ1n) is 6.55. The average molecular weight is 251 g/mol. The Kier molecular flexibility index (Phi) is 4.07. The van der Waals surface area contributed by atoms with Crippen molar-refractivity contribution in [3.05, 3.63) is 23.7 Å². The van der Waals surface area contributed by atoms with Gasteiger partial charge in [0.05, 0.1) is 12.2 Å². The molecule has 4 heteroatoms. The third-order valence-electron chi connectivity index (χ3n) is 4.00. The number of carboxylic acids is 1. The monoisotopic (exact) mass is 251 g/mol. The summed E-state index contributed by atoms with van der Waals surface area (Å²) in [5, 5.41) is 9.29. The van der Waals surface area contributed by atoms with Gasteiger partial charge in [-0.3, -0.25) is 9.69 Å². The zero-order chi connectivity index (χ0) is 13.1. The quantitative estimate of drug-likeness (QED) is 0.893. The molecule has 0 bridgehead atoms. The van der Waals surface area contributed by atoms with Gasteiger partial charge in [-0.1, -0.05) is 12.8 Å². The van der Waals surface area contributed by atoms with Gasteiger partial charge in [0.1, 0.15) is 5.76 Å². The van der Waals surface area contributed by atoms with E-state index in [2.05, 4.69) is 4.90 Å². The average Bonchev–Trinajstić information content (AvgIpc) is 2.75. The van der Waals surface area contributed by atoms with E-state index in [4.69, 9.17) is 4.42 Å². The van der Waals surface area contributed by atoms with Crippen LogP contribution in [0.1, 0.15) is 37.0 Å². The van der Waals surface area contributed by atoms with Crippen LogP contribution in [0.2, 0.25) is 0 Å². The van der Waals surface area contributed by atoms with E-state index in [0.717, 1.165) is 43.6 Å². The molecule has 2 rings (SSSR count). The first-order valence-corrected chi connectivity index (χ1v) is 6.55. The van der Waals surface area contributed by atoms with Gasteiger partial charge in [0.2, 0.25) is 0 Å². The molecule has 0 aromatic carbocycles. The molecule has 4 nitrogen and oxygen atoms in total. The topological polar surface area (TPSA) is 53.7 Å². The largest absolute Gasteiger partial charge is 0.481 e. The third-order valence-corrected chi connectivity index (χ3v) is 4.00. The van der Waals surface area contributed by atoms with Crippen LogP contribution in [-0.2, 0) is 11.3 Å². The van der Waals surface area contributed by atoms with Crippen LogP contribution in [0.5, 0.6) is 0 Å². The Balaban J connectivity index is 2.04. The summed E-state index contributed by atoms with van der Waals surface area (Å²) in [5.41, 5.74) is 1.15. The van der Waals surface area contributed by atoms with Crippen molar-refractivity contribution in [2.45, 2.75) is 45.2 Å². The highest BCUT2D eigenvalue weighted by atomic mass is 16.4. The van der Waals surface area contributed by atoms with Crippen LogP contribution < -0.4 is 0 Å². The molecule has 1 fully saturated rings. The van der Waals surface area contributed by atoms with Crippen molar-refractivity contribution in [2.75, 3.05) is 7.05 Å². The maximum Gasteiger partial charge on any atom is 0.308 e. The first-order chi connectivity index (χ1) is 8.59. The second kappa shape index (κ2) is 5.57. The SMILES string of the molecule is Cc1occc1CN(C)C1CCCCC1C(=O)O. The lowest BCUT2D eigenvalue weighted by Gasteiger charge is -2.35. The standard InChI is InChI=1S/C14H21NO3/c1-10-11(7-8-18-10)9-15(2)13-6-4-3-5-12(13)14(16)17/h7-8,12-13H,3-6,9H2,1-2H3,(H,16,17). The minimum absolute atomic E-state index is 0.144. The number of hydrogen-bond donors (Lipinski definition) is 1.